The summed E-state index contributed by atoms with van der Waals surface area (Å²) in [7, 11) is -0.667. The molecule has 1 fully saturated rings. The van der Waals surface area contributed by atoms with E-state index >= 15 is 0 Å². The Balaban J connectivity index is 1.87. The van der Waals surface area contributed by atoms with E-state index < -0.39 is 30.1 Å². The number of carbonyl (C=O) groups excluding carboxylic acids is 2. The lowest BCUT2D eigenvalue weighted by atomic mass is 9.78. The van der Waals surface area contributed by atoms with E-state index in [4.69, 9.17) is 14.4 Å². The summed E-state index contributed by atoms with van der Waals surface area (Å²) in [6.45, 7) is 7.35. The minimum absolute atomic E-state index is 0.0727. The first-order chi connectivity index (χ1) is 13.1. The van der Waals surface area contributed by atoms with Gasteiger partial charge in [0.05, 0.1) is 36.0 Å². The summed E-state index contributed by atoms with van der Waals surface area (Å²) < 4.78 is 12.1. The molecule has 2 aliphatic rings. The van der Waals surface area contributed by atoms with Crippen LogP contribution in [0.2, 0.25) is 0 Å². The molecular formula is C19H22BN3O5. The third-order valence-corrected chi connectivity index (χ3v) is 5.22. The van der Waals surface area contributed by atoms with Crippen molar-refractivity contribution in [2.24, 2.45) is 0 Å². The average Bonchev–Trinajstić information content (AvgIpc) is 3.00. The fraction of sp³-hybridized carbons (Fsp3) is 0.421. The molecule has 0 aliphatic carbocycles. The van der Waals surface area contributed by atoms with Crippen molar-refractivity contribution >= 4 is 30.1 Å². The van der Waals surface area contributed by atoms with E-state index in [9.17, 15) is 14.9 Å². The van der Waals surface area contributed by atoms with Gasteiger partial charge >= 0.3 is 7.12 Å². The van der Waals surface area contributed by atoms with Gasteiger partial charge in [-0.05, 0) is 51.4 Å². The third-order valence-electron chi connectivity index (χ3n) is 5.22. The zero-order chi connectivity index (χ0) is 20.7. The van der Waals surface area contributed by atoms with Crippen molar-refractivity contribution in [3.63, 3.8) is 0 Å². The SMILES string of the molecule is CC1(C)OB(c2cc(C#N)cc(NC3=CC(=O)N(CCO)C3=O)c2)OC1(C)C. The maximum atomic E-state index is 12.3. The number of rotatable bonds is 5. The molecule has 0 unspecified atom stereocenters. The highest BCUT2D eigenvalue weighted by atomic mass is 16.7. The van der Waals surface area contributed by atoms with Crippen LogP contribution >= 0.6 is 0 Å². The van der Waals surface area contributed by atoms with Crippen molar-refractivity contribution in [3.8, 4) is 6.07 Å². The second-order valence-corrected chi connectivity index (χ2v) is 7.75. The van der Waals surface area contributed by atoms with Crippen LogP contribution in [0.25, 0.3) is 0 Å². The Morgan fingerprint density at radius 1 is 1.18 bits per heavy atom. The van der Waals surface area contributed by atoms with Crippen LogP contribution in [0, 0.1) is 11.3 Å². The van der Waals surface area contributed by atoms with Crippen LogP contribution < -0.4 is 10.8 Å². The predicted molar refractivity (Wildman–Crippen MR) is 102 cm³/mol. The number of benzene rings is 1. The quantitative estimate of drug-likeness (QED) is 0.563. The molecule has 0 aromatic heterocycles. The molecule has 2 heterocycles. The molecule has 3 rings (SSSR count). The molecule has 0 bridgehead atoms. The molecule has 2 aliphatic heterocycles. The van der Waals surface area contributed by atoms with E-state index in [0.29, 0.717) is 16.7 Å². The van der Waals surface area contributed by atoms with E-state index in [-0.39, 0.29) is 18.8 Å². The fourth-order valence-corrected chi connectivity index (χ4v) is 2.97. The van der Waals surface area contributed by atoms with Gasteiger partial charge in [-0.25, -0.2) is 0 Å². The van der Waals surface area contributed by atoms with Crippen molar-refractivity contribution in [1.82, 2.24) is 4.90 Å². The standard InChI is InChI=1S/C19H22BN3O5/c1-18(2)19(3,4)28-20(27-18)13-7-12(11-21)8-14(9-13)22-15-10-16(25)23(5-6-24)17(15)26/h7-10,22,24H,5-6H2,1-4H3. The molecule has 28 heavy (non-hydrogen) atoms. The molecule has 1 saturated heterocycles. The lowest BCUT2D eigenvalue weighted by Crippen LogP contribution is -2.41. The number of imide groups is 1. The second kappa shape index (κ2) is 7.06. The molecular weight excluding hydrogens is 361 g/mol. The third kappa shape index (κ3) is 3.54. The lowest BCUT2D eigenvalue weighted by Gasteiger charge is -2.32. The highest BCUT2D eigenvalue weighted by Gasteiger charge is 2.51. The van der Waals surface area contributed by atoms with Gasteiger partial charge in [0.1, 0.15) is 5.70 Å². The summed E-state index contributed by atoms with van der Waals surface area (Å²) in [5.74, 6) is -1.03. The molecule has 1 aromatic carbocycles. The number of nitrogens with one attached hydrogen (secondary N) is 1. The van der Waals surface area contributed by atoms with E-state index in [2.05, 4.69) is 11.4 Å². The molecule has 0 saturated carbocycles. The van der Waals surface area contributed by atoms with Crippen molar-refractivity contribution < 1.29 is 24.0 Å². The Morgan fingerprint density at radius 3 is 2.39 bits per heavy atom. The molecule has 0 radical (unpaired) electrons. The maximum absolute atomic E-state index is 12.3. The van der Waals surface area contributed by atoms with Crippen molar-refractivity contribution in [2.75, 3.05) is 18.5 Å². The number of aliphatic hydroxyl groups is 1. The van der Waals surface area contributed by atoms with Crippen molar-refractivity contribution in [3.05, 3.63) is 35.5 Å². The van der Waals surface area contributed by atoms with Gasteiger partial charge in [-0.3, -0.25) is 14.5 Å². The van der Waals surface area contributed by atoms with Crippen molar-refractivity contribution in [1.29, 1.82) is 5.26 Å². The number of hydrogen-bond acceptors (Lipinski definition) is 7. The lowest BCUT2D eigenvalue weighted by molar-refractivity contribution is -0.137. The molecule has 1 aromatic rings. The number of nitrogens with zero attached hydrogens (tertiary/aromatic N) is 2. The van der Waals surface area contributed by atoms with Gasteiger partial charge in [-0.15, -0.1) is 0 Å². The normalized spacial score (nSPS) is 20.4. The highest BCUT2D eigenvalue weighted by Crippen LogP contribution is 2.36. The van der Waals surface area contributed by atoms with Crippen LogP contribution in [-0.4, -0.2) is 53.3 Å². The summed E-state index contributed by atoms with van der Waals surface area (Å²) in [5, 5.41) is 21.3. The number of anilines is 1. The van der Waals surface area contributed by atoms with Crippen LogP contribution in [0.5, 0.6) is 0 Å². The Bertz CT molecular complexity index is 887. The van der Waals surface area contributed by atoms with Crippen LogP contribution in [0.1, 0.15) is 33.3 Å². The zero-order valence-corrected chi connectivity index (χ0v) is 16.3. The van der Waals surface area contributed by atoms with Gasteiger partial charge in [0, 0.05) is 11.8 Å². The minimum atomic E-state index is -0.667. The van der Waals surface area contributed by atoms with Gasteiger partial charge in [0.25, 0.3) is 11.8 Å². The molecule has 2 N–H and O–H groups in total. The second-order valence-electron chi connectivity index (χ2n) is 7.75. The molecule has 146 valence electrons. The van der Waals surface area contributed by atoms with Crippen LogP contribution in [0.15, 0.2) is 30.0 Å². The highest BCUT2D eigenvalue weighted by molar-refractivity contribution is 6.62. The van der Waals surface area contributed by atoms with E-state index in [0.717, 1.165) is 4.90 Å². The van der Waals surface area contributed by atoms with Crippen LogP contribution in [0.3, 0.4) is 0 Å². The Morgan fingerprint density at radius 2 is 1.82 bits per heavy atom. The van der Waals surface area contributed by atoms with E-state index in [1.54, 1.807) is 18.2 Å². The smallest absolute Gasteiger partial charge is 0.399 e. The summed E-state index contributed by atoms with van der Waals surface area (Å²) in [5.41, 5.74) is 0.462. The van der Waals surface area contributed by atoms with Crippen molar-refractivity contribution in [2.45, 2.75) is 38.9 Å². The van der Waals surface area contributed by atoms with Crippen LogP contribution in [0.4, 0.5) is 5.69 Å². The number of nitriles is 1. The average molecular weight is 383 g/mol. The summed E-state index contributed by atoms with van der Waals surface area (Å²) in [4.78, 5) is 25.2. The van der Waals surface area contributed by atoms with Gasteiger partial charge < -0.3 is 19.7 Å². The predicted octanol–water partition coefficient (Wildman–Crippen LogP) is 0.514. The Kier molecular flexibility index (Phi) is 5.06. The number of aliphatic hydroxyl groups excluding tert-OH is 1. The number of carbonyl (C=O) groups is 2. The minimum Gasteiger partial charge on any atom is -0.399 e. The van der Waals surface area contributed by atoms with Gasteiger partial charge in [0.15, 0.2) is 0 Å². The molecule has 8 nitrogen and oxygen atoms in total. The number of amides is 2. The van der Waals surface area contributed by atoms with Crippen LogP contribution in [-0.2, 0) is 18.9 Å². The number of β-amino-alcohol motifs (C(OH)–C–C–N with tert-alkyl or cyclic N) is 1. The first kappa shape index (κ1) is 20.1. The van der Waals surface area contributed by atoms with Gasteiger partial charge in [-0.1, -0.05) is 0 Å². The Hall–Kier alpha value is -2.67. The topological polar surface area (TPSA) is 112 Å². The molecule has 0 spiro atoms. The summed E-state index contributed by atoms with van der Waals surface area (Å²) in [6, 6.07) is 7.04. The fourth-order valence-electron chi connectivity index (χ4n) is 2.97. The first-order valence-corrected chi connectivity index (χ1v) is 8.94. The van der Waals surface area contributed by atoms with Gasteiger partial charge in [-0.2, -0.15) is 5.26 Å². The summed E-state index contributed by atoms with van der Waals surface area (Å²) >= 11 is 0. The monoisotopic (exact) mass is 383 g/mol. The number of hydrogen-bond donors (Lipinski definition) is 2. The summed E-state index contributed by atoms with van der Waals surface area (Å²) in [6.07, 6.45) is 1.17. The van der Waals surface area contributed by atoms with E-state index in [1.807, 2.05) is 27.7 Å². The largest absolute Gasteiger partial charge is 0.494 e. The van der Waals surface area contributed by atoms with Gasteiger partial charge in [0.2, 0.25) is 0 Å². The van der Waals surface area contributed by atoms with E-state index in [1.165, 1.54) is 6.08 Å². The first-order valence-electron chi connectivity index (χ1n) is 8.94. The molecule has 9 heteroatoms. The molecule has 0 atom stereocenters. The maximum Gasteiger partial charge on any atom is 0.494 e. The Labute approximate surface area is 163 Å². The molecule has 2 amide bonds. The zero-order valence-electron chi connectivity index (χ0n) is 16.3.